The Hall–Kier alpha value is -4.93. The molecule has 1 aliphatic rings. The van der Waals surface area contributed by atoms with Crippen molar-refractivity contribution < 1.29 is 23.7 Å². The number of nitrogens with two attached hydrogens (primary N) is 1. The number of halogens is 1. The van der Waals surface area contributed by atoms with Gasteiger partial charge >= 0.3 is 5.97 Å². The van der Waals surface area contributed by atoms with Gasteiger partial charge in [0.2, 0.25) is 5.88 Å². The van der Waals surface area contributed by atoms with Crippen LogP contribution in [0, 0.1) is 11.3 Å². The molecule has 0 saturated heterocycles. The molecule has 5 rings (SSSR count). The quantitative estimate of drug-likeness (QED) is 0.178. The van der Waals surface area contributed by atoms with Crippen molar-refractivity contribution in [3.63, 3.8) is 0 Å². The number of esters is 1. The number of hydrogen-bond donors (Lipinski definition) is 1. The van der Waals surface area contributed by atoms with Crippen LogP contribution in [0.5, 0.6) is 23.0 Å². The molecule has 0 radical (unpaired) electrons. The van der Waals surface area contributed by atoms with Crippen molar-refractivity contribution in [3.8, 4) is 29.1 Å². The summed E-state index contributed by atoms with van der Waals surface area (Å²) in [6.45, 7) is 2.21. The topological polar surface area (TPSA) is 104 Å². The van der Waals surface area contributed by atoms with Crippen LogP contribution in [-0.4, -0.2) is 12.6 Å². The Labute approximate surface area is 243 Å². The minimum Gasteiger partial charge on any atom is -0.489 e. The number of ether oxygens (including phenoxy) is 4. The molecular formula is C33H27ClN2O5. The van der Waals surface area contributed by atoms with E-state index in [-0.39, 0.29) is 18.2 Å². The molecule has 0 aromatic heterocycles. The standard InChI is InChI=1S/C33H27ClN2O5/c1-2-21-5-11-25(12-6-21)39-20-31(37)40-27-15-16-28-30(17-27)41-33(36)29(18-35)32(28)23-7-13-26(14-8-23)38-19-22-3-9-24(34)10-4-22/h3-17,32H,2,19-20,36H2,1H3. The lowest BCUT2D eigenvalue weighted by Gasteiger charge is -2.26. The van der Waals surface area contributed by atoms with Crippen molar-refractivity contribution in [3.05, 3.63) is 130 Å². The molecule has 0 amide bonds. The van der Waals surface area contributed by atoms with Gasteiger partial charge < -0.3 is 24.7 Å². The fourth-order valence-electron chi connectivity index (χ4n) is 4.47. The number of rotatable bonds is 9. The van der Waals surface area contributed by atoms with Crippen molar-refractivity contribution in [2.75, 3.05) is 6.61 Å². The van der Waals surface area contributed by atoms with E-state index in [0.717, 1.165) is 23.1 Å². The molecule has 4 aromatic rings. The van der Waals surface area contributed by atoms with Crippen LogP contribution in [0.15, 0.2) is 102 Å². The van der Waals surface area contributed by atoms with Gasteiger partial charge in [0.05, 0.1) is 5.92 Å². The van der Waals surface area contributed by atoms with Crippen LogP contribution < -0.4 is 24.7 Å². The molecule has 0 aliphatic carbocycles. The van der Waals surface area contributed by atoms with Gasteiger partial charge in [-0.05, 0) is 65.6 Å². The lowest BCUT2D eigenvalue weighted by Crippen LogP contribution is -2.21. The van der Waals surface area contributed by atoms with E-state index in [9.17, 15) is 10.1 Å². The Morgan fingerprint density at radius 3 is 2.22 bits per heavy atom. The second-order valence-corrected chi connectivity index (χ2v) is 9.81. The van der Waals surface area contributed by atoms with Gasteiger partial charge in [-0.2, -0.15) is 5.26 Å². The van der Waals surface area contributed by atoms with Crippen LogP contribution in [-0.2, 0) is 17.8 Å². The minimum absolute atomic E-state index is 0.00426. The number of benzene rings is 4. The number of carbonyl (C=O) groups is 1. The number of allylic oxidation sites excluding steroid dienone is 1. The molecule has 8 heteroatoms. The van der Waals surface area contributed by atoms with E-state index in [1.54, 1.807) is 18.2 Å². The second-order valence-electron chi connectivity index (χ2n) is 9.37. The second kappa shape index (κ2) is 12.5. The summed E-state index contributed by atoms with van der Waals surface area (Å²) in [5, 5.41) is 10.5. The molecule has 0 saturated carbocycles. The van der Waals surface area contributed by atoms with E-state index in [0.29, 0.717) is 34.5 Å². The molecular weight excluding hydrogens is 540 g/mol. The number of fused-ring (bicyclic) bond motifs is 1. The summed E-state index contributed by atoms with van der Waals surface area (Å²) >= 11 is 5.95. The zero-order chi connectivity index (χ0) is 28.8. The third-order valence-corrected chi connectivity index (χ3v) is 6.89. The third-order valence-electron chi connectivity index (χ3n) is 6.64. The van der Waals surface area contributed by atoms with Crippen molar-refractivity contribution in [2.45, 2.75) is 25.9 Å². The Balaban J connectivity index is 1.28. The fraction of sp³-hybridized carbons (Fsp3) is 0.152. The Morgan fingerprint density at radius 1 is 0.902 bits per heavy atom. The highest BCUT2D eigenvalue weighted by Crippen LogP contribution is 2.43. The minimum atomic E-state index is -0.563. The summed E-state index contributed by atoms with van der Waals surface area (Å²) < 4.78 is 22.7. The van der Waals surface area contributed by atoms with Gasteiger partial charge in [-0.1, -0.05) is 61.0 Å². The molecule has 1 heterocycles. The first-order valence-corrected chi connectivity index (χ1v) is 13.4. The molecule has 41 heavy (non-hydrogen) atoms. The lowest BCUT2D eigenvalue weighted by atomic mass is 9.83. The van der Waals surface area contributed by atoms with Gasteiger partial charge in [0.1, 0.15) is 41.2 Å². The summed E-state index contributed by atoms with van der Waals surface area (Å²) in [4.78, 5) is 12.4. The highest BCUT2D eigenvalue weighted by atomic mass is 35.5. The average Bonchev–Trinajstić information content (AvgIpc) is 2.99. The zero-order valence-corrected chi connectivity index (χ0v) is 23.1. The normalized spacial score (nSPS) is 13.9. The molecule has 1 aliphatic heterocycles. The smallest absolute Gasteiger partial charge is 0.349 e. The van der Waals surface area contributed by atoms with Crippen LogP contribution in [0.1, 0.15) is 35.1 Å². The van der Waals surface area contributed by atoms with E-state index in [1.165, 1.54) is 5.56 Å². The third kappa shape index (κ3) is 6.63. The molecule has 206 valence electrons. The van der Waals surface area contributed by atoms with Crippen molar-refractivity contribution in [1.82, 2.24) is 0 Å². The molecule has 4 aromatic carbocycles. The summed E-state index contributed by atoms with van der Waals surface area (Å²) in [7, 11) is 0. The van der Waals surface area contributed by atoms with Crippen LogP contribution in [0.25, 0.3) is 0 Å². The van der Waals surface area contributed by atoms with E-state index in [4.69, 9.17) is 36.3 Å². The number of hydrogen-bond acceptors (Lipinski definition) is 7. The average molecular weight is 567 g/mol. The number of nitrogens with zero attached hydrogens (tertiary/aromatic N) is 1. The molecule has 0 spiro atoms. The van der Waals surface area contributed by atoms with Gasteiger partial charge in [0.15, 0.2) is 6.61 Å². The van der Waals surface area contributed by atoms with Crippen molar-refractivity contribution in [1.29, 1.82) is 5.26 Å². The maximum Gasteiger partial charge on any atom is 0.349 e. The molecule has 2 N–H and O–H groups in total. The van der Waals surface area contributed by atoms with Gasteiger partial charge in [-0.3, -0.25) is 0 Å². The molecule has 7 nitrogen and oxygen atoms in total. The maximum atomic E-state index is 12.4. The van der Waals surface area contributed by atoms with E-state index >= 15 is 0 Å². The summed E-state index contributed by atoms with van der Waals surface area (Å²) in [5.41, 5.74) is 10.2. The first kappa shape index (κ1) is 27.6. The highest BCUT2D eigenvalue weighted by Gasteiger charge is 2.31. The summed E-state index contributed by atoms with van der Waals surface area (Å²) in [6, 6.07) is 29.6. The molecule has 0 fully saturated rings. The van der Waals surface area contributed by atoms with Crippen LogP contribution >= 0.6 is 11.6 Å². The maximum absolute atomic E-state index is 12.4. The zero-order valence-electron chi connectivity index (χ0n) is 22.3. The van der Waals surface area contributed by atoms with Crippen LogP contribution in [0.2, 0.25) is 5.02 Å². The SMILES string of the molecule is CCc1ccc(OCC(=O)Oc2ccc3c(c2)OC(N)=C(C#N)C3c2ccc(OCc3ccc(Cl)cc3)cc2)cc1. The van der Waals surface area contributed by atoms with Crippen molar-refractivity contribution >= 4 is 17.6 Å². The molecule has 1 atom stereocenters. The Kier molecular flexibility index (Phi) is 8.42. The monoisotopic (exact) mass is 566 g/mol. The first-order chi connectivity index (χ1) is 19.9. The number of carbonyl (C=O) groups excluding carboxylic acids is 1. The Morgan fingerprint density at radius 2 is 1.54 bits per heavy atom. The van der Waals surface area contributed by atoms with Gasteiger partial charge in [-0.25, -0.2) is 4.79 Å². The van der Waals surface area contributed by atoms with Crippen LogP contribution in [0.3, 0.4) is 0 Å². The van der Waals surface area contributed by atoms with E-state index < -0.39 is 11.9 Å². The highest BCUT2D eigenvalue weighted by molar-refractivity contribution is 6.30. The predicted molar refractivity (Wildman–Crippen MR) is 155 cm³/mol. The number of aryl methyl sites for hydroxylation is 1. The summed E-state index contributed by atoms with van der Waals surface area (Å²) in [6.07, 6.45) is 0.921. The predicted octanol–water partition coefficient (Wildman–Crippen LogP) is 6.68. The largest absolute Gasteiger partial charge is 0.489 e. The first-order valence-electron chi connectivity index (χ1n) is 13.0. The van der Waals surface area contributed by atoms with E-state index in [1.807, 2.05) is 72.8 Å². The van der Waals surface area contributed by atoms with Gasteiger partial charge in [-0.15, -0.1) is 0 Å². The fourth-order valence-corrected chi connectivity index (χ4v) is 4.60. The lowest BCUT2D eigenvalue weighted by molar-refractivity contribution is -0.136. The van der Waals surface area contributed by atoms with Crippen LogP contribution in [0.4, 0.5) is 0 Å². The van der Waals surface area contributed by atoms with E-state index in [2.05, 4.69) is 13.0 Å². The van der Waals surface area contributed by atoms with Gasteiger partial charge in [0.25, 0.3) is 0 Å². The molecule has 1 unspecified atom stereocenters. The summed E-state index contributed by atoms with van der Waals surface area (Å²) in [5.74, 6) is 0.903. The number of nitriles is 1. The Bertz CT molecular complexity index is 1610. The molecule has 0 bridgehead atoms. The van der Waals surface area contributed by atoms with Crippen molar-refractivity contribution in [2.24, 2.45) is 5.73 Å². The van der Waals surface area contributed by atoms with Gasteiger partial charge in [0, 0.05) is 16.7 Å².